The van der Waals surface area contributed by atoms with E-state index in [4.69, 9.17) is 18.9 Å². The predicted molar refractivity (Wildman–Crippen MR) is 97.2 cm³/mol. The molecule has 0 spiro atoms. The molecule has 2 aromatic rings. The number of ether oxygens (including phenoxy) is 4. The van der Waals surface area contributed by atoms with Crippen LogP contribution < -0.4 is 0 Å². The van der Waals surface area contributed by atoms with Crippen molar-refractivity contribution in [2.45, 2.75) is 50.5 Å². The van der Waals surface area contributed by atoms with E-state index in [9.17, 15) is 15.2 Å². The number of non-ortho nitro benzene ring substituents is 1. The Labute approximate surface area is 161 Å². The highest BCUT2D eigenvalue weighted by atomic mass is 16.8. The molecule has 8 heteroatoms. The summed E-state index contributed by atoms with van der Waals surface area (Å²) in [7, 11) is 0. The van der Waals surface area contributed by atoms with Crippen LogP contribution in [0.2, 0.25) is 0 Å². The monoisotopic (exact) mass is 387 g/mol. The first-order valence-electron chi connectivity index (χ1n) is 9.07. The molecule has 1 N–H and O–H groups in total. The molecule has 2 heterocycles. The summed E-state index contributed by atoms with van der Waals surface area (Å²) in [6, 6.07) is 15.6. The minimum absolute atomic E-state index is 0.0117. The van der Waals surface area contributed by atoms with E-state index in [0.717, 1.165) is 11.1 Å². The van der Waals surface area contributed by atoms with E-state index in [1.807, 2.05) is 37.3 Å². The molecule has 0 radical (unpaired) electrons. The standard InChI is InChI=1S/C20H21NO7/c1-12-17-18(28-19(27-17)14-5-3-2-4-6-14)16(22)20(26-12)25-11-13-7-9-15(10-8-13)21(23)24/h2-10,12,16-20,22H,11H2,1H3/t12-,16+,17+,18-,19+,20+/m0/s1. The lowest BCUT2D eigenvalue weighted by molar-refractivity contribution is -0.384. The second-order valence-electron chi connectivity index (χ2n) is 6.88. The fraction of sp³-hybridized carbons (Fsp3) is 0.400. The van der Waals surface area contributed by atoms with E-state index >= 15 is 0 Å². The number of benzene rings is 2. The molecule has 2 fully saturated rings. The van der Waals surface area contributed by atoms with Crippen molar-refractivity contribution < 1.29 is 29.0 Å². The molecule has 148 valence electrons. The lowest BCUT2D eigenvalue weighted by atomic mass is 10.00. The third kappa shape index (κ3) is 3.78. The van der Waals surface area contributed by atoms with Crippen molar-refractivity contribution in [3.8, 4) is 0 Å². The summed E-state index contributed by atoms with van der Waals surface area (Å²) in [4.78, 5) is 10.3. The molecule has 2 aromatic carbocycles. The van der Waals surface area contributed by atoms with Gasteiger partial charge in [0.15, 0.2) is 12.6 Å². The zero-order valence-electron chi connectivity index (χ0n) is 15.2. The first-order valence-corrected chi connectivity index (χ1v) is 9.07. The van der Waals surface area contributed by atoms with Crippen molar-refractivity contribution in [3.63, 3.8) is 0 Å². The third-order valence-corrected chi connectivity index (χ3v) is 4.95. The molecule has 2 saturated heterocycles. The molecule has 0 aliphatic carbocycles. The number of fused-ring (bicyclic) bond motifs is 1. The summed E-state index contributed by atoms with van der Waals surface area (Å²) in [5.41, 5.74) is 1.62. The van der Waals surface area contributed by atoms with E-state index in [-0.39, 0.29) is 18.4 Å². The molecule has 6 atom stereocenters. The van der Waals surface area contributed by atoms with Crippen LogP contribution in [-0.4, -0.2) is 40.7 Å². The van der Waals surface area contributed by atoms with Gasteiger partial charge in [0.2, 0.25) is 0 Å². The van der Waals surface area contributed by atoms with Crippen molar-refractivity contribution in [2.24, 2.45) is 0 Å². The maximum atomic E-state index is 10.7. The van der Waals surface area contributed by atoms with E-state index < -0.39 is 35.8 Å². The molecule has 0 unspecified atom stereocenters. The fourth-order valence-corrected chi connectivity index (χ4v) is 3.45. The van der Waals surface area contributed by atoms with Crippen LogP contribution >= 0.6 is 0 Å². The molecule has 2 aliphatic rings. The summed E-state index contributed by atoms with van der Waals surface area (Å²) in [5, 5.41) is 21.4. The largest absolute Gasteiger partial charge is 0.385 e. The summed E-state index contributed by atoms with van der Waals surface area (Å²) in [5.74, 6) is 0. The first kappa shape index (κ1) is 19.0. The highest BCUT2D eigenvalue weighted by Crippen LogP contribution is 2.39. The Hall–Kier alpha value is -2.36. The molecule has 28 heavy (non-hydrogen) atoms. The van der Waals surface area contributed by atoms with Gasteiger partial charge in [0, 0.05) is 17.7 Å². The Bertz CT molecular complexity index is 813. The number of nitro benzene ring substituents is 1. The molecule has 4 rings (SSSR count). The Balaban J connectivity index is 1.40. The lowest BCUT2D eigenvalue weighted by Crippen LogP contribution is -2.55. The molecule has 0 amide bonds. The number of aliphatic hydroxyl groups is 1. The van der Waals surface area contributed by atoms with Gasteiger partial charge in [-0.1, -0.05) is 30.3 Å². The zero-order valence-corrected chi connectivity index (χ0v) is 15.2. The van der Waals surface area contributed by atoms with Gasteiger partial charge in [-0.3, -0.25) is 10.1 Å². The van der Waals surface area contributed by atoms with Gasteiger partial charge in [-0.2, -0.15) is 0 Å². The number of hydrogen-bond acceptors (Lipinski definition) is 7. The van der Waals surface area contributed by atoms with Crippen LogP contribution in [0.5, 0.6) is 0 Å². The molecule has 0 saturated carbocycles. The molecule has 0 aromatic heterocycles. The van der Waals surface area contributed by atoms with E-state index in [0.29, 0.717) is 0 Å². The average Bonchev–Trinajstić information content (AvgIpc) is 3.17. The highest BCUT2D eigenvalue weighted by Gasteiger charge is 2.51. The topological polar surface area (TPSA) is 100 Å². The number of aliphatic hydroxyl groups excluding tert-OH is 1. The summed E-state index contributed by atoms with van der Waals surface area (Å²) >= 11 is 0. The fourth-order valence-electron chi connectivity index (χ4n) is 3.45. The van der Waals surface area contributed by atoms with Gasteiger partial charge in [-0.05, 0) is 24.6 Å². The smallest absolute Gasteiger partial charge is 0.269 e. The molecular weight excluding hydrogens is 366 g/mol. The molecule has 8 nitrogen and oxygen atoms in total. The highest BCUT2D eigenvalue weighted by molar-refractivity contribution is 5.32. The SMILES string of the molecule is C[C@@H]1O[C@@H](OCc2ccc([N+](=O)[O-])cc2)[C@H](O)[C@@H]2O[C@H](c3ccccc3)O[C@@H]21. The first-order chi connectivity index (χ1) is 13.5. The van der Waals surface area contributed by atoms with Crippen molar-refractivity contribution in [2.75, 3.05) is 0 Å². The minimum atomic E-state index is -1.02. The van der Waals surface area contributed by atoms with Crippen molar-refractivity contribution in [3.05, 3.63) is 75.8 Å². The van der Waals surface area contributed by atoms with E-state index in [1.54, 1.807) is 12.1 Å². The Morgan fingerprint density at radius 2 is 1.71 bits per heavy atom. The predicted octanol–water partition coefficient (Wildman–Crippen LogP) is 2.70. The van der Waals surface area contributed by atoms with Crippen LogP contribution in [0.3, 0.4) is 0 Å². The second-order valence-corrected chi connectivity index (χ2v) is 6.88. The Kier molecular flexibility index (Phi) is 5.38. The van der Waals surface area contributed by atoms with Gasteiger partial charge in [0.1, 0.15) is 18.3 Å². The maximum Gasteiger partial charge on any atom is 0.269 e. The molecule has 2 aliphatic heterocycles. The summed E-state index contributed by atoms with van der Waals surface area (Å²) in [6.07, 6.45) is -3.78. The van der Waals surface area contributed by atoms with Crippen LogP contribution in [-0.2, 0) is 25.6 Å². The van der Waals surface area contributed by atoms with Gasteiger partial charge in [-0.15, -0.1) is 0 Å². The summed E-state index contributed by atoms with van der Waals surface area (Å²) < 4.78 is 23.4. The third-order valence-electron chi connectivity index (χ3n) is 4.95. The Morgan fingerprint density at radius 1 is 1.04 bits per heavy atom. The number of nitrogens with zero attached hydrogens (tertiary/aromatic N) is 1. The van der Waals surface area contributed by atoms with E-state index in [2.05, 4.69) is 0 Å². The van der Waals surface area contributed by atoms with Crippen LogP contribution in [0.25, 0.3) is 0 Å². The number of nitro groups is 1. The van der Waals surface area contributed by atoms with Crippen LogP contribution in [0.1, 0.15) is 24.3 Å². The van der Waals surface area contributed by atoms with Crippen molar-refractivity contribution in [1.82, 2.24) is 0 Å². The minimum Gasteiger partial charge on any atom is -0.385 e. The number of rotatable bonds is 5. The van der Waals surface area contributed by atoms with Crippen LogP contribution in [0.4, 0.5) is 5.69 Å². The second kappa shape index (κ2) is 7.94. The van der Waals surface area contributed by atoms with Gasteiger partial charge in [0.05, 0.1) is 17.6 Å². The quantitative estimate of drug-likeness (QED) is 0.622. The van der Waals surface area contributed by atoms with Crippen LogP contribution in [0.15, 0.2) is 54.6 Å². The average molecular weight is 387 g/mol. The summed E-state index contributed by atoms with van der Waals surface area (Å²) in [6.45, 7) is 2.00. The molecular formula is C20H21NO7. The van der Waals surface area contributed by atoms with Gasteiger partial charge in [-0.25, -0.2) is 0 Å². The van der Waals surface area contributed by atoms with Crippen LogP contribution in [0, 0.1) is 10.1 Å². The maximum absolute atomic E-state index is 10.7. The van der Waals surface area contributed by atoms with Gasteiger partial charge < -0.3 is 24.1 Å². The number of hydrogen-bond donors (Lipinski definition) is 1. The van der Waals surface area contributed by atoms with Crippen molar-refractivity contribution in [1.29, 1.82) is 0 Å². The van der Waals surface area contributed by atoms with Gasteiger partial charge >= 0.3 is 0 Å². The lowest BCUT2D eigenvalue weighted by Gasteiger charge is -2.38. The van der Waals surface area contributed by atoms with E-state index in [1.165, 1.54) is 12.1 Å². The normalized spacial score (nSPS) is 32.1. The van der Waals surface area contributed by atoms with Gasteiger partial charge in [0.25, 0.3) is 5.69 Å². The Morgan fingerprint density at radius 3 is 2.39 bits per heavy atom. The zero-order chi connectivity index (χ0) is 19.7. The molecule has 0 bridgehead atoms. The van der Waals surface area contributed by atoms with Crippen molar-refractivity contribution >= 4 is 5.69 Å².